The van der Waals surface area contributed by atoms with Crippen LogP contribution in [0.5, 0.6) is 0 Å². The van der Waals surface area contributed by atoms with Crippen molar-refractivity contribution in [2.75, 3.05) is 25.4 Å². The van der Waals surface area contributed by atoms with Crippen LogP contribution in [-0.2, 0) is 6.54 Å². The lowest BCUT2D eigenvalue weighted by Gasteiger charge is -2.26. The van der Waals surface area contributed by atoms with Gasteiger partial charge in [-0.15, -0.1) is 0 Å². The Hall–Kier alpha value is -3.11. The molecular weight excluding hydrogens is 382 g/mol. The molecule has 2 aromatic carbocycles. The Balaban J connectivity index is 1.61. The number of hydrogen-bond donors (Lipinski definition) is 1. The van der Waals surface area contributed by atoms with Crippen LogP contribution in [0, 0.1) is 0 Å². The highest BCUT2D eigenvalue weighted by atomic mass is 16.3. The summed E-state index contributed by atoms with van der Waals surface area (Å²) in [6.07, 6.45) is 4.00. The summed E-state index contributed by atoms with van der Waals surface area (Å²) in [7, 11) is 0. The van der Waals surface area contributed by atoms with E-state index in [9.17, 15) is 0 Å². The molecule has 5 rings (SSSR count). The maximum atomic E-state index is 6.25. The van der Waals surface area contributed by atoms with Gasteiger partial charge in [0.2, 0.25) is 0 Å². The highest BCUT2D eigenvalue weighted by Crippen LogP contribution is 2.40. The second-order valence-electron chi connectivity index (χ2n) is 8.42. The van der Waals surface area contributed by atoms with Gasteiger partial charge in [0.05, 0.1) is 5.36 Å². The predicted octanol–water partition coefficient (Wildman–Crippen LogP) is 5.69. The van der Waals surface area contributed by atoms with E-state index in [4.69, 9.17) is 10.2 Å². The largest absolute Gasteiger partial charge is 0.456 e. The first-order valence-corrected chi connectivity index (χ1v) is 11.3. The van der Waals surface area contributed by atoms with E-state index in [0.29, 0.717) is 5.69 Å². The van der Waals surface area contributed by atoms with Gasteiger partial charge in [-0.3, -0.25) is 9.89 Å². The molecule has 0 bridgehead atoms. The van der Waals surface area contributed by atoms with E-state index in [-0.39, 0.29) is 0 Å². The minimum absolute atomic E-state index is 0.702. The van der Waals surface area contributed by atoms with Crippen molar-refractivity contribution in [2.45, 2.75) is 32.7 Å². The van der Waals surface area contributed by atoms with Crippen LogP contribution in [0.25, 0.3) is 33.4 Å². The molecule has 158 valence electrons. The fourth-order valence-corrected chi connectivity index (χ4v) is 4.64. The predicted molar refractivity (Wildman–Crippen MR) is 128 cm³/mol. The Morgan fingerprint density at radius 1 is 0.935 bits per heavy atom. The second kappa shape index (κ2) is 8.56. The smallest absolute Gasteiger partial charge is 0.137 e. The van der Waals surface area contributed by atoms with Gasteiger partial charge in [-0.25, -0.2) is 0 Å². The lowest BCUT2D eigenvalue weighted by atomic mass is 9.93. The van der Waals surface area contributed by atoms with Gasteiger partial charge in [0, 0.05) is 47.4 Å². The molecule has 0 spiro atoms. The van der Waals surface area contributed by atoms with Crippen molar-refractivity contribution < 1.29 is 4.42 Å². The van der Waals surface area contributed by atoms with E-state index in [1.807, 2.05) is 25.1 Å². The Morgan fingerprint density at radius 3 is 2.52 bits per heavy atom. The number of likely N-dealkylation sites (tertiary alicyclic amines) is 1. The van der Waals surface area contributed by atoms with E-state index in [2.05, 4.69) is 52.4 Å². The Morgan fingerprint density at radius 2 is 1.74 bits per heavy atom. The summed E-state index contributed by atoms with van der Waals surface area (Å²) in [6, 6.07) is 21.2. The Kier molecular flexibility index (Phi) is 5.47. The van der Waals surface area contributed by atoms with Gasteiger partial charge in [0.15, 0.2) is 0 Å². The molecule has 31 heavy (non-hydrogen) atoms. The van der Waals surface area contributed by atoms with Crippen LogP contribution in [0.4, 0.5) is 5.69 Å². The third-order valence-corrected chi connectivity index (χ3v) is 6.17. The summed E-state index contributed by atoms with van der Waals surface area (Å²) >= 11 is 0. The molecule has 3 aliphatic rings. The molecule has 0 unspecified atom stereocenters. The average Bonchev–Trinajstić information content (AvgIpc) is 2.79. The third-order valence-electron chi connectivity index (χ3n) is 6.17. The molecule has 2 aromatic rings. The van der Waals surface area contributed by atoms with Crippen molar-refractivity contribution in [2.24, 2.45) is 4.99 Å². The number of nitrogen functional groups attached to an aromatic ring is 1. The summed E-state index contributed by atoms with van der Waals surface area (Å²) in [4.78, 5) is 7.10. The molecule has 1 fully saturated rings. The zero-order valence-corrected chi connectivity index (χ0v) is 18.1. The molecule has 2 aliphatic heterocycles. The molecule has 2 heterocycles. The van der Waals surface area contributed by atoms with Crippen molar-refractivity contribution >= 4 is 16.7 Å². The van der Waals surface area contributed by atoms with Gasteiger partial charge in [0.25, 0.3) is 0 Å². The first-order valence-electron chi connectivity index (χ1n) is 11.3. The van der Waals surface area contributed by atoms with Crippen molar-refractivity contribution in [3.8, 4) is 22.5 Å². The molecular formula is C27H29N3O. The first kappa shape index (κ1) is 19.8. The van der Waals surface area contributed by atoms with Crippen molar-refractivity contribution in [1.82, 2.24) is 4.90 Å². The topological polar surface area (TPSA) is 54.8 Å². The van der Waals surface area contributed by atoms with Crippen LogP contribution in [0.3, 0.4) is 0 Å². The number of piperidine rings is 1. The summed E-state index contributed by atoms with van der Waals surface area (Å²) in [6.45, 7) is 6.24. The lowest BCUT2D eigenvalue weighted by molar-refractivity contribution is 0.221. The first-order chi connectivity index (χ1) is 15.2. The van der Waals surface area contributed by atoms with Crippen molar-refractivity contribution in [3.05, 3.63) is 71.6 Å². The van der Waals surface area contributed by atoms with E-state index < -0.39 is 0 Å². The highest BCUT2D eigenvalue weighted by molar-refractivity contribution is 6.02. The van der Waals surface area contributed by atoms with E-state index in [1.54, 1.807) is 0 Å². The summed E-state index contributed by atoms with van der Waals surface area (Å²) in [5.74, 6) is 0.834. The molecule has 0 amide bonds. The van der Waals surface area contributed by atoms with Gasteiger partial charge < -0.3 is 10.2 Å². The summed E-state index contributed by atoms with van der Waals surface area (Å²) < 4.78 is 6.25. The maximum absolute atomic E-state index is 6.25. The van der Waals surface area contributed by atoms with Crippen LogP contribution in [0.15, 0.2) is 70.1 Å². The number of hydrogen-bond acceptors (Lipinski definition) is 4. The van der Waals surface area contributed by atoms with E-state index >= 15 is 0 Å². The third kappa shape index (κ3) is 4.08. The van der Waals surface area contributed by atoms with E-state index in [0.717, 1.165) is 40.7 Å². The molecule has 0 aromatic heterocycles. The second-order valence-corrected chi connectivity index (χ2v) is 8.42. The van der Waals surface area contributed by atoms with Gasteiger partial charge in [-0.1, -0.05) is 30.7 Å². The molecule has 1 aliphatic carbocycles. The van der Waals surface area contributed by atoms with Crippen LogP contribution in [0.1, 0.15) is 31.7 Å². The standard InChI is InChI=1S/C27H29N3O/c1-2-29-22-11-13-24-26(17-22)31-25-16-21(28)10-12-23(25)27(24)20-8-6-19(7-9-20)18-30-14-4-3-5-15-30/h6-13,16-17H,2-5,14-15,18,28H2,1H3. The van der Waals surface area contributed by atoms with Gasteiger partial charge in [-0.2, -0.15) is 0 Å². The molecule has 0 radical (unpaired) electrons. The number of benzene rings is 3. The molecule has 0 atom stereocenters. The lowest BCUT2D eigenvalue weighted by Crippen LogP contribution is -2.28. The summed E-state index contributed by atoms with van der Waals surface area (Å²) in [5.41, 5.74) is 12.4. The minimum atomic E-state index is 0.702. The number of nitrogens with two attached hydrogens (primary N) is 1. The van der Waals surface area contributed by atoms with Crippen molar-refractivity contribution in [1.29, 1.82) is 0 Å². The van der Waals surface area contributed by atoms with Crippen LogP contribution >= 0.6 is 0 Å². The quantitative estimate of drug-likeness (QED) is 0.346. The zero-order chi connectivity index (χ0) is 21.2. The number of fused-ring (bicyclic) bond motifs is 2. The molecule has 1 saturated heterocycles. The average molecular weight is 412 g/mol. The van der Waals surface area contributed by atoms with Gasteiger partial charge in [0.1, 0.15) is 11.3 Å². The molecule has 4 heteroatoms. The van der Waals surface area contributed by atoms with E-state index in [1.165, 1.54) is 49.0 Å². The maximum Gasteiger partial charge on any atom is 0.137 e. The molecule has 0 saturated carbocycles. The fraction of sp³-hybridized carbons (Fsp3) is 0.296. The van der Waals surface area contributed by atoms with Crippen LogP contribution in [0.2, 0.25) is 0 Å². The molecule has 2 N–H and O–H groups in total. The Bertz CT molecular complexity index is 1230. The van der Waals surface area contributed by atoms with Crippen LogP contribution < -0.4 is 11.1 Å². The Labute approximate surface area is 183 Å². The highest BCUT2D eigenvalue weighted by Gasteiger charge is 2.17. The SMILES string of the molecule is CCN=c1ccc2c(-c3ccc(CN4CCCCC4)cc3)c3ccc(N)cc3oc-2c1. The number of nitrogens with zero attached hydrogens (tertiary/aromatic N) is 2. The molecule has 4 nitrogen and oxygen atoms in total. The normalized spacial score (nSPS) is 15.7. The summed E-state index contributed by atoms with van der Waals surface area (Å²) in [5, 5.41) is 2.01. The van der Waals surface area contributed by atoms with Crippen LogP contribution in [-0.4, -0.2) is 24.5 Å². The number of rotatable bonds is 4. The minimum Gasteiger partial charge on any atom is -0.456 e. The zero-order valence-electron chi connectivity index (χ0n) is 18.1. The fourth-order valence-electron chi connectivity index (χ4n) is 4.64. The monoisotopic (exact) mass is 411 g/mol. The van der Waals surface area contributed by atoms with Crippen molar-refractivity contribution in [3.63, 3.8) is 0 Å². The number of anilines is 1. The van der Waals surface area contributed by atoms with Gasteiger partial charge in [-0.05, 0) is 68.2 Å². The van der Waals surface area contributed by atoms with Gasteiger partial charge >= 0.3 is 0 Å².